The van der Waals surface area contributed by atoms with Gasteiger partial charge in [0.15, 0.2) is 5.78 Å². The van der Waals surface area contributed by atoms with Crippen LogP contribution in [0.2, 0.25) is 0 Å². The third kappa shape index (κ3) is 4.18. The molecule has 0 bridgehead atoms. The first-order chi connectivity index (χ1) is 12.4. The highest BCUT2D eigenvalue weighted by Gasteiger charge is 2.16. The number of hydrogen-bond donors (Lipinski definition) is 2. The second kappa shape index (κ2) is 8.15. The van der Waals surface area contributed by atoms with Gasteiger partial charge in [-0.2, -0.15) is 10.5 Å². The van der Waals surface area contributed by atoms with Gasteiger partial charge >= 0.3 is 0 Å². The number of rotatable bonds is 5. The van der Waals surface area contributed by atoms with Gasteiger partial charge in [-0.15, -0.1) is 0 Å². The lowest BCUT2D eigenvalue weighted by Gasteiger charge is -2.10. The summed E-state index contributed by atoms with van der Waals surface area (Å²) in [7, 11) is 0. The Morgan fingerprint density at radius 2 is 1.81 bits per heavy atom. The van der Waals surface area contributed by atoms with E-state index in [2.05, 4.69) is 10.3 Å². The zero-order valence-electron chi connectivity index (χ0n) is 14.2. The molecule has 1 amide bonds. The molecule has 0 saturated heterocycles. The van der Waals surface area contributed by atoms with Gasteiger partial charge in [0.2, 0.25) is 5.91 Å². The Kier molecular flexibility index (Phi) is 5.94. The number of ketones is 1. The van der Waals surface area contributed by atoms with Gasteiger partial charge in [0.05, 0.1) is 16.9 Å². The second-order valence-corrected chi connectivity index (χ2v) is 6.34. The standard InChI is InChI=1S/C18H15N5O2S/c1-10-14(7-19)17(21)23-18(15(10)8-20)26-9-16(25)22-13-5-3-12(4-6-13)11(2)24/h3-6H,9H2,1-2H3,(H2,21,23)(H,22,25). The van der Waals surface area contributed by atoms with Crippen LogP contribution in [0.5, 0.6) is 0 Å². The van der Waals surface area contributed by atoms with Crippen molar-refractivity contribution in [2.24, 2.45) is 0 Å². The fourth-order valence-electron chi connectivity index (χ4n) is 2.20. The zero-order valence-corrected chi connectivity index (χ0v) is 15.0. The largest absolute Gasteiger partial charge is 0.383 e. The van der Waals surface area contributed by atoms with Gasteiger partial charge in [0, 0.05) is 11.3 Å². The highest BCUT2D eigenvalue weighted by atomic mass is 32.2. The van der Waals surface area contributed by atoms with Crippen molar-refractivity contribution in [3.8, 4) is 12.1 Å². The first-order valence-electron chi connectivity index (χ1n) is 7.51. The average molecular weight is 365 g/mol. The quantitative estimate of drug-likeness (QED) is 0.614. The van der Waals surface area contributed by atoms with Crippen LogP contribution in [0, 0.1) is 29.6 Å². The first kappa shape index (κ1) is 19.0. The molecule has 3 N–H and O–H groups in total. The summed E-state index contributed by atoms with van der Waals surface area (Å²) in [6.07, 6.45) is 0. The van der Waals surface area contributed by atoms with Crippen LogP contribution in [0.15, 0.2) is 29.3 Å². The number of aromatic nitrogens is 1. The Hall–Kier alpha value is -3.36. The highest BCUT2D eigenvalue weighted by Crippen LogP contribution is 2.27. The van der Waals surface area contributed by atoms with Gasteiger partial charge in [-0.25, -0.2) is 4.98 Å². The minimum atomic E-state index is -0.295. The van der Waals surface area contributed by atoms with Crippen LogP contribution in [0.4, 0.5) is 11.5 Å². The predicted octanol–water partition coefficient (Wildman–Crippen LogP) is 2.65. The average Bonchev–Trinajstić information content (AvgIpc) is 2.60. The molecule has 0 saturated carbocycles. The van der Waals surface area contributed by atoms with Crippen molar-refractivity contribution in [2.45, 2.75) is 18.9 Å². The molecule has 26 heavy (non-hydrogen) atoms. The number of hydrogen-bond acceptors (Lipinski definition) is 7. The molecule has 2 aromatic rings. The van der Waals surface area contributed by atoms with Gasteiger partial charge in [-0.05, 0) is 43.7 Å². The van der Waals surface area contributed by atoms with Crippen molar-refractivity contribution in [3.63, 3.8) is 0 Å². The lowest BCUT2D eigenvalue weighted by molar-refractivity contribution is -0.113. The molecule has 0 aliphatic rings. The summed E-state index contributed by atoms with van der Waals surface area (Å²) >= 11 is 1.07. The lowest BCUT2D eigenvalue weighted by atomic mass is 10.1. The van der Waals surface area contributed by atoms with E-state index in [1.807, 2.05) is 12.1 Å². The predicted molar refractivity (Wildman–Crippen MR) is 98.6 cm³/mol. The van der Waals surface area contributed by atoms with E-state index in [-0.39, 0.29) is 34.4 Å². The third-order valence-corrected chi connectivity index (χ3v) is 4.56. The maximum absolute atomic E-state index is 12.1. The summed E-state index contributed by atoms with van der Waals surface area (Å²) in [4.78, 5) is 27.4. The van der Waals surface area contributed by atoms with Crippen LogP contribution in [0.25, 0.3) is 0 Å². The fourth-order valence-corrected chi connectivity index (χ4v) is 3.04. The van der Waals surface area contributed by atoms with E-state index in [1.165, 1.54) is 6.92 Å². The van der Waals surface area contributed by atoms with Gasteiger partial charge < -0.3 is 11.1 Å². The van der Waals surface area contributed by atoms with Gasteiger partial charge in [0.1, 0.15) is 23.0 Å². The van der Waals surface area contributed by atoms with Crippen LogP contribution in [-0.2, 0) is 4.79 Å². The number of benzene rings is 1. The molecule has 8 heteroatoms. The number of anilines is 2. The molecule has 0 spiro atoms. The maximum Gasteiger partial charge on any atom is 0.234 e. The van der Waals surface area contributed by atoms with Crippen molar-refractivity contribution >= 4 is 35.0 Å². The molecule has 1 aromatic heterocycles. The minimum absolute atomic E-state index is 0.0148. The lowest BCUT2D eigenvalue weighted by Crippen LogP contribution is -2.14. The van der Waals surface area contributed by atoms with Crippen LogP contribution in [0.3, 0.4) is 0 Å². The van der Waals surface area contributed by atoms with Crippen LogP contribution in [0.1, 0.15) is 34.0 Å². The molecule has 1 aromatic carbocycles. The first-order valence-corrected chi connectivity index (χ1v) is 8.49. The fraction of sp³-hybridized carbons (Fsp3) is 0.167. The highest BCUT2D eigenvalue weighted by molar-refractivity contribution is 8.00. The molecule has 0 atom stereocenters. The number of thioether (sulfide) groups is 1. The molecule has 0 unspecified atom stereocenters. The van der Waals surface area contributed by atoms with Crippen LogP contribution in [-0.4, -0.2) is 22.4 Å². The van der Waals surface area contributed by atoms with Crippen molar-refractivity contribution in [3.05, 3.63) is 46.5 Å². The van der Waals surface area contributed by atoms with E-state index in [1.54, 1.807) is 31.2 Å². The summed E-state index contributed by atoms with van der Waals surface area (Å²) in [6, 6.07) is 10.5. The SMILES string of the molecule is CC(=O)c1ccc(NC(=O)CSc2nc(N)c(C#N)c(C)c2C#N)cc1. The zero-order chi connectivity index (χ0) is 19.3. The number of nitrogens with zero attached hydrogens (tertiary/aromatic N) is 3. The Labute approximate surface area is 154 Å². The molecular weight excluding hydrogens is 350 g/mol. The van der Waals surface area contributed by atoms with Crippen LogP contribution < -0.4 is 11.1 Å². The van der Waals surface area contributed by atoms with Gasteiger partial charge in [0.25, 0.3) is 0 Å². The summed E-state index contributed by atoms with van der Waals surface area (Å²) in [5.74, 6) is -0.299. The Morgan fingerprint density at radius 3 is 2.35 bits per heavy atom. The molecule has 0 aliphatic heterocycles. The second-order valence-electron chi connectivity index (χ2n) is 5.37. The van der Waals surface area contributed by atoms with Crippen molar-refractivity contribution in [2.75, 3.05) is 16.8 Å². The monoisotopic (exact) mass is 365 g/mol. The topological polar surface area (TPSA) is 133 Å². The van der Waals surface area contributed by atoms with E-state index < -0.39 is 0 Å². The summed E-state index contributed by atoms with van der Waals surface area (Å²) in [5, 5.41) is 21.4. The Balaban J connectivity index is 2.09. The van der Waals surface area contributed by atoms with Gasteiger partial charge in [-0.1, -0.05) is 11.8 Å². The number of amides is 1. The Morgan fingerprint density at radius 1 is 1.19 bits per heavy atom. The summed E-state index contributed by atoms with van der Waals surface area (Å²) < 4.78 is 0. The number of carbonyl (C=O) groups is 2. The normalized spacial score (nSPS) is 9.85. The van der Waals surface area contributed by atoms with Crippen molar-refractivity contribution in [1.82, 2.24) is 4.98 Å². The van der Waals surface area contributed by atoms with E-state index in [0.717, 1.165) is 11.8 Å². The van der Waals surface area contributed by atoms with E-state index in [0.29, 0.717) is 21.8 Å². The van der Waals surface area contributed by atoms with E-state index in [9.17, 15) is 14.9 Å². The van der Waals surface area contributed by atoms with Crippen molar-refractivity contribution in [1.29, 1.82) is 10.5 Å². The molecule has 7 nitrogen and oxygen atoms in total. The van der Waals surface area contributed by atoms with Gasteiger partial charge in [-0.3, -0.25) is 9.59 Å². The number of Topliss-reactive ketones (excluding diaryl/α,β-unsaturated/α-hetero) is 1. The number of carbonyl (C=O) groups excluding carboxylic acids is 2. The molecule has 0 aliphatic carbocycles. The number of pyridine rings is 1. The van der Waals surface area contributed by atoms with E-state index >= 15 is 0 Å². The molecule has 130 valence electrons. The molecule has 0 fully saturated rings. The molecule has 0 radical (unpaired) electrons. The molecule has 1 heterocycles. The van der Waals surface area contributed by atoms with E-state index in [4.69, 9.17) is 11.0 Å². The third-order valence-electron chi connectivity index (χ3n) is 3.58. The molecule has 2 rings (SSSR count). The number of nitrogens with two attached hydrogens (primary N) is 1. The maximum atomic E-state index is 12.1. The van der Waals surface area contributed by atoms with Crippen LogP contribution >= 0.6 is 11.8 Å². The summed E-state index contributed by atoms with van der Waals surface area (Å²) in [5.41, 5.74) is 7.71. The smallest absolute Gasteiger partial charge is 0.234 e. The van der Waals surface area contributed by atoms with Crippen molar-refractivity contribution < 1.29 is 9.59 Å². The number of nitrogens with one attached hydrogen (secondary N) is 1. The summed E-state index contributed by atoms with van der Waals surface area (Å²) in [6.45, 7) is 3.09. The Bertz CT molecular complexity index is 956. The number of nitriles is 2. The number of nitrogen functional groups attached to an aromatic ring is 1. The minimum Gasteiger partial charge on any atom is -0.383 e. The molecular formula is C18H15N5O2S.